The van der Waals surface area contributed by atoms with Crippen molar-refractivity contribution < 1.29 is 22.7 Å². The second-order valence-electron chi connectivity index (χ2n) is 5.04. The molecule has 3 nitrogen and oxygen atoms in total. The van der Waals surface area contributed by atoms with Gasteiger partial charge in [0, 0.05) is 19.7 Å². The molecule has 0 aromatic rings. The fourth-order valence-corrected chi connectivity index (χ4v) is 2.59. The van der Waals surface area contributed by atoms with Gasteiger partial charge in [-0.2, -0.15) is 13.2 Å². The Morgan fingerprint density at radius 3 is 2.39 bits per heavy atom. The van der Waals surface area contributed by atoms with E-state index in [1.165, 1.54) is 0 Å². The Balaban J connectivity index is 1.76. The lowest BCUT2D eigenvalue weighted by Crippen LogP contribution is -2.42. The lowest BCUT2D eigenvalue weighted by molar-refractivity contribution is -0.186. The third kappa shape index (κ3) is 3.37. The van der Waals surface area contributed by atoms with Crippen molar-refractivity contribution in [1.82, 2.24) is 4.90 Å². The zero-order valence-corrected chi connectivity index (χ0v) is 10.2. The standard InChI is InChI=1S/C12H18F3NO2/c13-12(14,15)9-3-5-16(6-4-9)11(17)8-10-2-1-7-18-10/h9-10H,1-8H2/t10-/m0/s1. The zero-order chi connectivity index (χ0) is 13.2. The summed E-state index contributed by atoms with van der Waals surface area (Å²) >= 11 is 0. The van der Waals surface area contributed by atoms with Gasteiger partial charge >= 0.3 is 6.18 Å². The van der Waals surface area contributed by atoms with Crippen LogP contribution in [0, 0.1) is 5.92 Å². The molecule has 0 unspecified atom stereocenters. The first kappa shape index (κ1) is 13.6. The van der Waals surface area contributed by atoms with E-state index in [9.17, 15) is 18.0 Å². The van der Waals surface area contributed by atoms with Gasteiger partial charge in [0.15, 0.2) is 0 Å². The number of ether oxygens (including phenoxy) is 1. The van der Waals surface area contributed by atoms with Gasteiger partial charge in [-0.3, -0.25) is 4.79 Å². The van der Waals surface area contributed by atoms with Gasteiger partial charge in [-0.15, -0.1) is 0 Å². The minimum atomic E-state index is -4.12. The van der Waals surface area contributed by atoms with Crippen LogP contribution < -0.4 is 0 Å². The molecule has 0 spiro atoms. The zero-order valence-electron chi connectivity index (χ0n) is 10.2. The summed E-state index contributed by atoms with van der Waals surface area (Å²) in [4.78, 5) is 13.4. The Hall–Kier alpha value is -0.780. The summed E-state index contributed by atoms with van der Waals surface area (Å²) in [5, 5.41) is 0. The molecular formula is C12H18F3NO2. The number of halogens is 3. The molecule has 18 heavy (non-hydrogen) atoms. The highest BCUT2D eigenvalue weighted by molar-refractivity contribution is 5.76. The number of carbonyl (C=O) groups is 1. The molecule has 104 valence electrons. The Morgan fingerprint density at radius 2 is 1.89 bits per heavy atom. The molecule has 2 aliphatic heterocycles. The number of alkyl halides is 3. The smallest absolute Gasteiger partial charge is 0.378 e. The van der Waals surface area contributed by atoms with Crippen LogP contribution in [0.4, 0.5) is 13.2 Å². The van der Waals surface area contributed by atoms with Gasteiger partial charge in [0.1, 0.15) is 0 Å². The Kier molecular flexibility index (Phi) is 4.14. The van der Waals surface area contributed by atoms with Crippen molar-refractivity contribution in [3.63, 3.8) is 0 Å². The summed E-state index contributed by atoms with van der Waals surface area (Å²) < 4.78 is 42.8. The van der Waals surface area contributed by atoms with Gasteiger partial charge in [0.25, 0.3) is 0 Å². The highest BCUT2D eigenvalue weighted by atomic mass is 19.4. The van der Waals surface area contributed by atoms with E-state index in [4.69, 9.17) is 4.74 Å². The fourth-order valence-electron chi connectivity index (χ4n) is 2.59. The molecule has 2 rings (SSSR count). The largest absolute Gasteiger partial charge is 0.391 e. The monoisotopic (exact) mass is 265 g/mol. The third-order valence-corrected chi connectivity index (χ3v) is 3.74. The number of carbonyl (C=O) groups excluding carboxylic acids is 1. The van der Waals surface area contributed by atoms with E-state index in [2.05, 4.69) is 0 Å². The molecular weight excluding hydrogens is 247 g/mol. The SMILES string of the molecule is O=C(C[C@@H]1CCCO1)N1CCC(C(F)(F)F)CC1. The van der Waals surface area contributed by atoms with Gasteiger partial charge in [0.2, 0.25) is 5.91 Å². The van der Waals surface area contributed by atoms with Gasteiger partial charge in [-0.05, 0) is 25.7 Å². The number of piperidine rings is 1. The number of hydrogen-bond acceptors (Lipinski definition) is 2. The fraction of sp³-hybridized carbons (Fsp3) is 0.917. The summed E-state index contributed by atoms with van der Waals surface area (Å²) in [7, 11) is 0. The number of amides is 1. The van der Waals surface area contributed by atoms with Crippen molar-refractivity contribution in [1.29, 1.82) is 0 Å². The second kappa shape index (κ2) is 5.47. The minimum Gasteiger partial charge on any atom is -0.378 e. The maximum absolute atomic E-state index is 12.5. The summed E-state index contributed by atoms with van der Waals surface area (Å²) in [6.45, 7) is 1.12. The predicted molar refractivity (Wildman–Crippen MR) is 59.0 cm³/mol. The number of rotatable bonds is 2. The molecule has 2 fully saturated rings. The average Bonchev–Trinajstić information content (AvgIpc) is 2.81. The summed E-state index contributed by atoms with van der Waals surface area (Å²) in [5.41, 5.74) is 0. The lowest BCUT2D eigenvalue weighted by Gasteiger charge is -2.33. The summed E-state index contributed by atoms with van der Waals surface area (Å²) in [6, 6.07) is 0. The maximum Gasteiger partial charge on any atom is 0.391 e. The molecule has 0 aromatic heterocycles. The molecule has 2 aliphatic rings. The predicted octanol–water partition coefficient (Wildman–Crippen LogP) is 2.36. The van der Waals surface area contributed by atoms with Crippen LogP contribution in [0.2, 0.25) is 0 Å². The van der Waals surface area contributed by atoms with Crippen LogP contribution in [0.25, 0.3) is 0 Å². The van der Waals surface area contributed by atoms with Crippen molar-refractivity contribution >= 4 is 5.91 Å². The first-order chi connectivity index (χ1) is 8.47. The van der Waals surface area contributed by atoms with E-state index in [1.807, 2.05) is 0 Å². The van der Waals surface area contributed by atoms with Crippen molar-refractivity contribution in [3.05, 3.63) is 0 Å². The minimum absolute atomic E-state index is 0.0285. The first-order valence-electron chi connectivity index (χ1n) is 6.43. The quantitative estimate of drug-likeness (QED) is 0.767. The van der Waals surface area contributed by atoms with Crippen molar-refractivity contribution in [3.8, 4) is 0 Å². The molecule has 0 bridgehead atoms. The molecule has 0 N–H and O–H groups in total. The highest BCUT2D eigenvalue weighted by Crippen LogP contribution is 2.34. The lowest BCUT2D eigenvalue weighted by atomic mass is 9.96. The van der Waals surface area contributed by atoms with E-state index < -0.39 is 12.1 Å². The van der Waals surface area contributed by atoms with Gasteiger partial charge in [-0.1, -0.05) is 0 Å². The molecule has 6 heteroatoms. The van der Waals surface area contributed by atoms with Crippen LogP contribution >= 0.6 is 0 Å². The van der Waals surface area contributed by atoms with Crippen LogP contribution in [-0.4, -0.2) is 42.8 Å². The summed E-state index contributed by atoms with van der Waals surface area (Å²) in [6.07, 6.45) is -1.93. The molecule has 1 amide bonds. The number of hydrogen-bond donors (Lipinski definition) is 0. The molecule has 0 aliphatic carbocycles. The van der Waals surface area contributed by atoms with Gasteiger partial charge in [0.05, 0.1) is 18.4 Å². The average molecular weight is 265 g/mol. The van der Waals surface area contributed by atoms with Crippen LogP contribution in [0.3, 0.4) is 0 Å². The van der Waals surface area contributed by atoms with Crippen molar-refractivity contribution in [2.45, 2.75) is 44.4 Å². The molecule has 0 radical (unpaired) electrons. The van der Waals surface area contributed by atoms with Gasteiger partial charge in [-0.25, -0.2) is 0 Å². The highest BCUT2D eigenvalue weighted by Gasteiger charge is 2.41. The second-order valence-corrected chi connectivity index (χ2v) is 5.04. The molecule has 0 saturated carbocycles. The topological polar surface area (TPSA) is 29.5 Å². The first-order valence-corrected chi connectivity index (χ1v) is 6.43. The van der Waals surface area contributed by atoms with E-state index in [-0.39, 0.29) is 37.9 Å². The summed E-state index contributed by atoms with van der Waals surface area (Å²) in [5.74, 6) is -1.31. The molecule has 1 atom stereocenters. The van der Waals surface area contributed by atoms with Crippen LogP contribution in [-0.2, 0) is 9.53 Å². The third-order valence-electron chi connectivity index (χ3n) is 3.74. The Morgan fingerprint density at radius 1 is 1.22 bits per heavy atom. The Bertz CT molecular complexity index is 292. The van der Waals surface area contributed by atoms with Crippen molar-refractivity contribution in [2.75, 3.05) is 19.7 Å². The number of likely N-dealkylation sites (tertiary alicyclic amines) is 1. The van der Waals surface area contributed by atoms with Gasteiger partial charge < -0.3 is 9.64 Å². The van der Waals surface area contributed by atoms with E-state index in [0.29, 0.717) is 13.0 Å². The maximum atomic E-state index is 12.5. The number of nitrogens with zero attached hydrogens (tertiary/aromatic N) is 1. The van der Waals surface area contributed by atoms with E-state index >= 15 is 0 Å². The molecule has 2 saturated heterocycles. The molecule has 2 heterocycles. The van der Waals surface area contributed by atoms with Crippen LogP contribution in [0.5, 0.6) is 0 Å². The molecule has 0 aromatic carbocycles. The van der Waals surface area contributed by atoms with Crippen LogP contribution in [0.1, 0.15) is 32.1 Å². The van der Waals surface area contributed by atoms with E-state index in [0.717, 1.165) is 12.8 Å². The normalized spacial score (nSPS) is 26.6. The van der Waals surface area contributed by atoms with Crippen LogP contribution in [0.15, 0.2) is 0 Å². The Labute approximate surface area is 104 Å². The van der Waals surface area contributed by atoms with Crippen molar-refractivity contribution in [2.24, 2.45) is 5.92 Å². The van der Waals surface area contributed by atoms with E-state index in [1.54, 1.807) is 4.90 Å².